The topological polar surface area (TPSA) is 86.0 Å². The van der Waals surface area contributed by atoms with Crippen LogP contribution in [0.25, 0.3) is 11.5 Å². The van der Waals surface area contributed by atoms with Crippen molar-refractivity contribution in [1.29, 1.82) is 0 Å². The second-order valence-electron chi connectivity index (χ2n) is 4.41. The second-order valence-corrected chi connectivity index (χ2v) is 4.41. The summed E-state index contributed by atoms with van der Waals surface area (Å²) in [7, 11) is 1.86. The average Bonchev–Trinajstić information content (AvgIpc) is 3.17. The van der Waals surface area contributed by atoms with Crippen LogP contribution in [-0.2, 0) is 0 Å². The van der Waals surface area contributed by atoms with Crippen molar-refractivity contribution in [3.05, 3.63) is 18.2 Å². The number of hydrogen-bond acceptors (Lipinski definition) is 7. The van der Waals surface area contributed by atoms with E-state index in [0.717, 1.165) is 19.4 Å². The first kappa shape index (κ1) is 12.0. The highest BCUT2D eigenvalue weighted by molar-refractivity contribution is 5.47. The van der Waals surface area contributed by atoms with Crippen LogP contribution in [0.5, 0.6) is 6.01 Å². The van der Waals surface area contributed by atoms with Gasteiger partial charge in [0.05, 0.1) is 0 Å². The summed E-state index contributed by atoms with van der Waals surface area (Å²) in [5.41, 5.74) is 0.616. The van der Waals surface area contributed by atoms with Gasteiger partial charge in [0.15, 0.2) is 0 Å². The molecule has 1 saturated carbocycles. The minimum Gasteiger partial charge on any atom is -0.462 e. The van der Waals surface area contributed by atoms with E-state index in [-0.39, 0.29) is 0 Å². The molecule has 1 fully saturated rings. The molecule has 0 amide bonds. The third kappa shape index (κ3) is 2.87. The predicted octanol–water partition coefficient (Wildman–Crippen LogP) is 1.00. The summed E-state index contributed by atoms with van der Waals surface area (Å²) in [6, 6.07) is 2.07. The van der Waals surface area contributed by atoms with E-state index in [2.05, 4.69) is 25.4 Å². The molecule has 0 unspecified atom stereocenters. The number of ether oxygens (including phenoxy) is 1. The molecule has 1 N–H and O–H groups in total. The van der Waals surface area contributed by atoms with E-state index in [0.29, 0.717) is 35.9 Å². The summed E-state index contributed by atoms with van der Waals surface area (Å²) in [5.74, 6) is 1.63. The van der Waals surface area contributed by atoms with Gasteiger partial charge in [-0.1, -0.05) is 5.16 Å². The Bertz CT molecular complexity index is 553. The molecule has 0 saturated heterocycles. The summed E-state index contributed by atoms with van der Waals surface area (Å²) < 4.78 is 10.6. The predicted molar refractivity (Wildman–Crippen MR) is 66.7 cm³/mol. The maximum atomic E-state index is 5.40. The monoisotopic (exact) mass is 261 g/mol. The number of aromatic nitrogens is 4. The molecule has 0 spiro atoms. The molecule has 0 aromatic carbocycles. The first-order valence-corrected chi connectivity index (χ1v) is 6.31. The molecule has 19 heavy (non-hydrogen) atoms. The highest BCUT2D eigenvalue weighted by Crippen LogP contribution is 2.39. The van der Waals surface area contributed by atoms with Gasteiger partial charge >= 0.3 is 6.01 Å². The lowest BCUT2D eigenvalue weighted by molar-refractivity contribution is 0.294. The van der Waals surface area contributed by atoms with Gasteiger partial charge in [0, 0.05) is 18.7 Å². The smallest absolute Gasteiger partial charge is 0.317 e. The molecule has 0 atom stereocenters. The second kappa shape index (κ2) is 5.31. The molecule has 7 heteroatoms. The van der Waals surface area contributed by atoms with Crippen molar-refractivity contribution in [2.45, 2.75) is 18.8 Å². The van der Waals surface area contributed by atoms with E-state index >= 15 is 0 Å². The van der Waals surface area contributed by atoms with E-state index < -0.39 is 0 Å². The summed E-state index contributed by atoms with van der Waals surface area (Å²) in [6.45, 7) is 1.25. The Morgan fingerprint density at radius 2 is 2.32 bits per heavy atom. The van der Waals surface area contributed by atoms with Gasteiger partial charge in [-0.3, -0.25) is 0 Å². The zero-order valence-corrected chi connectivity index (χ0v) is 10.7. The summed E-state index contributed by atoms with van der Waals surface area (Å²) >= 11 is 0. The van der Waals surface area contributed by atoms with E-state index in [4.69, 9.17) is 9.26 Å². The van der Waals surface area contributed by atoms with Crippen molar-refractivity contribution in [3.63, 3.8) is 0 Å². The van der Waals surface area contributed by atoms with Crippen molar-refractivity contribution < 1.29 is 9.26 Å². The molecule has 0 radical (unpaired) electrons. The van der Waals surface area contributed by atoms with Gasteiger partial charge < -0.3 is 14.6 Å². The van der Waals surface area contributed by atoms with Gasteiger partial charge in [0.2, 0.25) is 11.7 Å². The lowest BCUT2D eigenvalue weighted by Gasteiger charge is -2.03. The van der Waals surface area contributed by atoms with Gasteiger partial charge in [-0.2, -0.15) is 9.97 Å². The van der Waals surface area contributed by atoms with Gasteiger partial charge in [-0.05, 0) is 26.0 Å². The lowest BCUT2D eigenvalue weighted by atomic mass is 10.4. The van der Waals surface area contributed by atoms with Crippen molar-refractivity contribution in [2.24, 2.45) is 0 Å². The van der Waals surface area contributed by atoms with Crippen LogP contribution in [0.2, 0.25) is 0 Å². The minimum atomic E-state index is 0.325. The first-order chi connectivity index (χ1) is 9.36. The van der Waals surface area contributed by atoms with Crippen LogP contribution < -0.4 is 10.1 Å². The Morgan fingerprint density at radius 3 is 3.11 bits per heavy atom. The molecular formula is C12H15N5O2. The maximum Gasteiger partial charge on any atom is 0.317 e. The Kier molecular flexibility index (Phi) is 3.37. The average molecular weight is 261 g/mol. The van der Waals surface area contributed by atoms with Crippen LogP contribution in [-0.4, -0.2) is 40.3 Å². The zero-order chi connectivity index (χ0) is 13.1. The molecule has 3 rings (SSSR count). The quantitative estimate of drug-likeness (QED) is 0.776. The molecule has 2 aromatic heterocycles. The Hall–Kier alpha value is -2.02. The number of nitrogens with zero attached hydrogens (tertiary/aromatic N) is 4. The molecule has 0 bridgehead atoms. The minimum absolute atomic E-state index is 0.325. The van der Waals surface area contributed by atoms with E-state index in [1.54, 1.807) is 12.3 Å². The molecule has 2 heterocycles. The highest BCUT2D eigenvalue weighted by Gasteiger charge is 2.30. The summed E-state index contributed by atoms with van der Waals surface area (Å²) in [6.07, 6.45) is 3.89. The van der Waals surface area contributed by atoms with Crippen LogP contribution in [0.15, 0.2) is 16.8 Å². The van der Waals surface area contributed by atoms with Gasteiger partial charge in [0.25, 0.3) is 0 Å². The SMILES string of the molecule is CNCCOc1nccc(-c2noc(C3CC3)n2)n1. The Labute approximate surface area is 110 Å². The maximum absolute atomic E-state index is 5.40. The first-order valence-electron chi connectivity index (χ1n) is 6.31. The fourth-order valence-electron chi connectivity index (χ4n) is 1.61. The molecule has 0 aliphatic heterocycles. The van der Waals surface area contributed by atoms with E-state index in [1.165, 1.54) is 0 Å². The number of likely N-dealkylation sites (N-methyl/N-ethyl adjacent to an activating group) is 1. The van der Waals surface area contributed by atoms with E-state index in [1.807, 2.05) is 7.05 Å². The molecule has 100 valence electrons. The van der Waals surface area contributed by atoms with Crippen LogP contribution in [0.3, 0.4) is 0 Å². The van der Waals surface area contributed by atoms with Gasteiger partial charge in [-0.15, -0.1) is 0 Å². The fraction of sp³-hybridized carbons (Fsp3) is 0.500. The van der Waals surface area contributed by atoms with Gasteiger partial charge in [0.1, 0.15) is 12.3 Å². The zero-order valence-electron chi connectivity index (χ0n) is 10.7. The standard InChI is InChI=1S/C12H15N5O2/c1-13-6-7-18-12-14-5-4-9(15-12)10-16-11(19-17-10)8-2-3-8/h4-5,8,13H,2-3,6-7H2,1H3. The van der Waals surface area contributed by atoms with Crippen LogP contribution in [0.4, 0.5) is 0 Å². The van der Waals surface area contributed by atoms with Crippen molar-refractivity contribution in [1.82, 2.24) is 25.4 Å². The van der Waals surface area contributed by atoms with Crippen LogP contribution in [0.1, 0.15) is 24.7 Å². The Balaban J connectivity index is 1.73. The van der Waals surface area contributed by atoms with Crippen LogP contribution in [0, 0.1) is 0 Å². The highest BCUT2D eigenvalue weighted by atomic mass is 16.5. The molecule has 7 nitrogen and oxygen atoms in total. The summed E-state index contributed by atoms with van der Waals surface area (Å²) in [4.78, 5) is 12.6. The van der Waals surface area contributed by atoms with Crippen molar-refractivity contribution >= 4 is 0 Å². The summed E-state index contributed by atoms with van der Waals surface area (Å²) in [5, 5.41) is 6.93. The number of hydrogen-bond donors (Lipinski definition) is 1. The number of rotatable bonds is 6. The van der Waals surface area contributed by atoms with Crippen molar-refractivity contribution in [3.8, 4) is 17.5 Å². The van der Waals surface area contributed by atoms with E-state index in [9.17, 15) is 0 Å². The van der Waals surface area contributed by atoms with Crippen LogP contribution >= 0.6 is 0 Å². The Morgan fingerprint density at radius 1 is 1.42 bits per heavy atom. The molecule has 1 aliphatic rings. The van der Waals surface area contributed by atoms with Gasteiger partial charge in [-0.25, -0.2) is 4.98 Å². The molecular weight excluding hydrogens is 246 g/mol. The molecule has 1 aliphatic carbocycles. The lowest BCUT2D eigenvalue weighted by Crippen LogP contribution is -2.16. The normalized spacial score (nSPS) is 14.6. The largest absolute Gasteiger partial charge is 0.462 e. The third-order valence-electron chi connectivity index (χ3n) is 2.81. The van der Waals surface area contributed by atoms with Crippen molar-refractivity contribution in [2.75, 3.05) is 20.2 Å². The fourth-order valence-corrected chi connectivity index (χ4v) is 1.61. The number of nitrogens with one attached hydrogen (secondary N) is 1. The molecule has 2 aromatic rings. The third-order valence-corrected chi connectivity index (χ3v) is 2.81.